The Kier molecular flexibility index (Phi) is 7.83. The number of ether oxygens (including phenoxy) is 3. The second-order valence-corrected chi connectivity index (χ2v) is 13.0. The number of amides is 1. The van der Waals surface area contributed by atoms with Gasteiger partial charge in [0, 0.05) is 42.2 Å². The van der Waals surface area contributed by atoms with E-state index in [1.807, 2.05) is 23.9 Å². The van der Waals surface area contributed by atoms with Crippen molar-refractivity contribution in [3.05, 3.63) is 40.7 Å². The fourth-order valence-corrected chi connectivity index (χ4v) is 6.61. The fraction of sp³-hybridized carbons (Fsp3) is 0.433. The van der Waals surface area contributed by atoms with Gasteiger partial charge in [-0.05, 0) is 46.0 Å². The number of carbonyl (C=O) groups excluding carboxylic acids is 1. The second kappa shape index (κ2) is 11.5. The zero-order valence-corrected chi connectivity index (χ0v) is 25.8. The number of rotatable bonds is 5. The number of fused-ring (bicyclic) bond motifs is 4. The predicted octanol–water partition coefficient (Wildman–Crippen LogP) is 5.20. The maximum atomic E-state index is 16.8. The van der Waals surface area contributed by atoms with E-state index in [0.29, 0.717) is 48.7 Å². The molecule has 1 atom stereocenters. The average molecular weight is 624 g/mol. The van der Waals surface area contributed by atoms with Crippen LogP contribution in [0.2, 0.25) is 0 Å². The van der Waals surface area contributed by atoms with Crippen molar-refractivity contribution in [2.45, 2.75) is 45.7 Å². The lowest BCUT2D eigenvalue weighted by Gasteiger charge is -2.34. The molecular formula is C30H31F2N7O4S. The molecule has 6 rings (SSSR count). The molecule has 14 heteroatoms. The molecule has 2 aliphatic rings. The summed E-state index contributed by atoms with van der Waals surface area (Å²) in [7, 11) is 3.94. The molecule has 0 bridgehead atoms. The maximum absolute atomic E-state index is 16.8. The molecule has 3 aromatic heterocycles. The first-order valence-corrected chi connectivity index (χ1v) is 14.9. The van der Waals surface area contributed by atoms with Crippen LogP contribution in [0.4, 0.5) is 24.5 Å². The summed E-state index contributed by atoms with van der Waals surface area (Å²) < 4.78 is 48.9. The predicted molar refractivity (Wildman–Crippen MR) is 162 cm³/mol. The normalized spacial score (nSPS) is 16.9. The van der Waals surface area contributed by atoms with Gasteiger partial charge in [-0.1, -0.05) is 0 Å². The summed E-state index contributed by atoms with van der Waals surface area (Å²) in [6.07, 6.45) is 1.73. The Morgan fingerprint density at radius 1 is 1.25 bits per heavy atom. The first kappa shape index (κ1) is 30.0. The summed E-state index contributed by atoms with van der Waals surface area (Å²) in [5.41, 5.74) is 0.598. The minimum absolute atomic E-state index is 0.0475. The number of benzene rings is 1. The number of likely N-dealkylation sites (N-methyl/N-ethyl adjacent to an activating group) is 1. The third-order valence-electron chi connectivity index (χ3n) is 7.31. The van der Waals surface area contributed by atoms with Gasteiger partial charge in [0.2, 0.25) is 5.95 Å². The highest BCUT2D eigenvalue weighted by Crippen LogP contribution is 2.45. The molecule has 44 heavy (non-hydrogen) atoms. The Morgan fingerprint density at radius 3 is 2.75 bits per heavy atom. The highest BCUT2D eigenvalue weighted by Gasteiger charge is 2.32. The average Bonchev–Trinajstić information content (AvgIpc) is 3.58. The molecule has 0 aliphatic carbocycles. The lowest BCUT2D eigenvalue weighted by atomic mass is 9.94. The van der Waals surface area contributed by atoms with Gasteiger partial charge in [-0.25, -0.2) is 23.5 Å². The van der Waals surface area contributed by atoms with Gasteiger partial charge in [0.25, 0.3) is 0 Å². The van der Waals surface area contributed by atoms with Crippen LogP contribution in [0.5, 0.6) is 0 Å². The lowest BCUT2D eigenvalue weighted by molar-refractivity contribution is 0.0243. The van der Waals surface area contributed by atoms with Gasteiger partial charge in [0.05, 0.1) is 48.1 Å². The molecule has 5 heterocycles. The molecule has 4 aromatic rings. The minimum Gasteiger partial charge on any atom is -0.444 e. The van der Waals surface area contributed by atoms with Crippen LogP contribution in [0, 0.1) is 23.0 Å². The van der Waals surface area contributed by atoms with Gasteiger partial charge >= 0.3 is 6.09 Å². The minimum atomic E-state index is -0.804. The number of anilines is 2. The Morgan fingerprint density at radius 2 is 2.02 bits per heavy atom. The van der Waals surface area contributed by atoms with Gasteiger partial charge in [-0.15, -0.1) is 11.3 Å². The number of morpholine rings is 1. The Balaban J connectivity index is 1.50. The van der Waals surface area contributed by atoms with Crippen LogP contribution in [0.15, 0.2) is 12.4 Å². The SMILES string of the molecule is CN(C)C[C@@H]1CN(c2ncc3c4c(c(-c5ncc(F)c6sc(NC(=O)OC(C)(C)C)c(C#N)c56)c(F)c3n2)COC4)CCO1. The van der Waals surface area contributed by atoms with Crippen molar-refractivity contribution >= 4 is 49.4 Å². The Bertz CT molecular complexity index is 1830. The molecule has 1 N–H and O–H groups in total. The molecule has 1 amide bonds. The van der Waals surface area contributed by atoms with E-state index in [0.717, 1.165) is 17.5 Å². The molecule has 1 aromatic carbocycles. The molecule has 0 spiro atoms. The number of aromatic nitrogens is 3. The van der Waals surface area contributed by atoms with Gasteiger partial charge in [-0.2, -0.15) is 5.26 Å². The molecule has 1 fully saturated rings. The third-order valence-corrected chi connectivity index (χ3v) is 8.42. The van der Waals surface area contributed by atoms with E-state index in [1.165, 1.54) is 0 Å². The zero-order chi connectivity index (χ0) is 31.3. The number of halogens is 2. The van der Waals surface area contributed by atoms with Crippen molar-refractivity contribution in [3.8, 4) is 17.3 Å². The van der Waals surface area contributed by atoms with Crippen molar-refractivity contribution in [2.75, 3.05) is 50.6 Å². The standard InChI is InChI=1S/C30H31F2N7O4S/c1-30(2,3)43-29(40)37-27-16(8-33)22-25(34-10-20(31)26(22)44-27)21-19-14-41-13-18(19)17-9-35-28(36-24(17)23(21)32)39-6-7-42-15(12-39)11-38(4)5/h9-10,15H,6-7,11-14H2,1-5H3,(H,37,40)/t15-/m1/s1. The Hall–Kier alpha value is -4.03. The van der Waals surface area contributed by atoms with Crippen LogP contribution in [0.1, 0.15) is 37.5 Å². The van der Waals surface area contributed by atoms with Crippen LogP contribution >= 0.6 is 11.3 Å². The van der Waals surface area contributed by atoms with Crippen molar-refractivity contribution in [1.29, 1.82) is 5.26 Å². The molecular weight excluding hydrogens is 592 g/mol. The van der Waals surface area contributed by atoms with Crippen molar-refractivity contribution in [2.24, 2.45) is 0 Å². The van der Waals surface area contributed by atoms with E-state index in [4.69, 9.17) is 14.2 Å². The van der Waals surface area contributed by atoms with Crippen molar-refractivity contribution in [3.63, 3.8) is 0 Å². The van der Waals surface area contributed by atoms with E-state index in [9.17, 15) is 10.1 Å². The molecule has 0 radical (unpaired) electrons. The van der Waals surface area contributed by atoms with E-state index in [-0.39, 0.29) is 56.7 Å². The number of nitrogens with zero attached hydrogens (tertiary/aromatic N) is 6. The summed E-state index contributed by atoms with van der Waals surface area (Å²) in [5, 5.41) is 13.4. The van der Waals surface area contributed by atoms with Crippen LogP contribution in [-0.4, -0.2) is 78.0 Å². The van der Waals surface area contributed by atoms with Crippen LogP contribution in [0.3, 0.4) is 0 Å². The van der Waals surface area contributed by atoms with E-state index >= 15 is 8.78 Å². The number of hydrogen-bond donors (Lipinski definition) is 1. The fourth-order valence-electron chi connectivity index (χ4n) is 5.57. The van der Waals surface area contributed by atoms with Gasteiger partial charge < -0.3 is 24.0 Å². The number of pyridine rings is 1. The van der Waals surface area contributed by atoms with E-state index in [1.54, 1.807) is 27.0 Å². The number of carbonyl (C=O) groups is 1. The Labute approximate surface area is 256 Å². The quantitative estimate of drug-likeness (QED) is 0.317. The number of hydrogen-bond acceptors (Lipinski definition) is 11. The van der Waals surface area contributed by atoms with Crippen LogP contribution in [0.25, 0.3) is 32.2 Å². The zero-order valence-electron chi connectivity index (χ0n) is 25.0. The third kappa shape index (κ3) is 5.52. The van der Waals surface area contributed by atoms with Gasteiger partial charge in [0.1, 0.15) is 22.2 Å². The number of nitriles is 1. The van der Waals surface area contributed by atoms with Crippen LogP contribution < -0.4 is 10.2 Å². The monoisotopic (exact) mass is 623 g/mol. The molecule has 0 unspecified atom stereocenters. The topological polar surface area (TPSA) is 126 Å². The van der Waals surface area contributed by atoms with E-state index < -0.39 is 23.3 Å². The van der Waals surface area contributed by atoms with Crippen LogP contribution in [-0.2, 0) is 27.4 Å². The smallest absolute Gasteiger partial charge is 0.412 e. The highest BCUT2D eigenvalue weighted by molar-refractivity contribution is 7.23. The number of nitrogens with one attached hydrogen (secondary N) is 1. The molecule has 2 aliphatic heterocycles. The first-order valence-electron chi connectivity index (χ1n) is 14.1. The molecule has 0 saturated carbocycles. The molecule has 230 valence electrons. The van der Waals surface area contributed by atoms with Gasteiger partial charge in [-0.3, -0.25) is 10.3 Å². The molecule has 11 nitrogen and oxygen atoms in total. The lowest BCUT2D eigenvalue weighted by Crippen LogP contribution is -2.47. The number of thiophene rings is 1. The summed E-state index contributed by atoms with van der Waals surface area (Å²) in [4.78, 5) is 30.1. The first-order chi connectivity index (χ1) is 20.9. The maximum Gasteiger partial charge on any atom is 0.412 e. The second-order valence-electron chi connectivity index (χ2n) is 12.0. The summed E-state index contributed by atoms with van der Waals surface area (Å²) in [6.45, 7) is 7.68. The summed E-state index contributed by atoms with van der Waals surface area (Å²) >= 11 is 0.856. The molecule has 1 saturated heterocycles. The van der Waals surface area contributed by atoms with Crippen molar-refractivity contribution < 1.29 is 27.8 Å². The van der Waals surface area contributed by atoms with Crippen molar-refractivity contribution in [1.82, 2.24) is 19.9 Å². The van der Waals surface area contributed by atoms with Gasteiger partial charge in [0.15, 0.2) is 11.6 Å². The summed E-state index contributed by atoms with van der Waals surface area (Å²) in [6, 6.07) is 2.05. The highest BCUT2D eigenvalue weighted by atomic mass is 32.1. The summed E-state index contributed by atoms with van der Waals surface area (Å²) in [5.74, 6) is -1.02. The largest absolute Gasteiger partial charge is 0.444 e. The van der Waals surface area contributed by atoms with E-state index in [2.05, 4.69) is 26.3 Å².